The van der Waals surface area contributed by atoms with Gasteiger partial charge in [0.25, 0.3) is 21.2 Å². The van der Waals surface area contributed by atoms with Crippen LogP contribution in [-0.2, 0) is 10.0 Å². The molecule has 2 rings (SSSR count). The van der Waals surface area contributed by atoms with Gasteiger partial charge in [-0.3, -0.25) is 9.59 Å². The minimum absolute atomic E-state index is 0.0890. The van der Waals surface area contributed by atoms with Gasteiger partial charge in [-0.05, 0) is 48.0 Å². The first kappa shape index (κ1) is 17.0. The van der Waals surface area contributed by atoms with Crippen molar-refractivity contribution in [2.45, 2.75) is 4.90 Å². The molecule has 0 aliphatic rings. The predicted octanol–water partition coefficient (Wildman–Crippen LogP) is 2.19. The number of hydrogen-bond donors (Lipinski definition) is 1. The van der Waals surface area contributed by atoms with Crippen LogP contribution < -0.4 is 9.46 Å². The van der Waals surface area contributed by atoms with E-state index in [4.69, 9.17) is 16.3 Å². The zero-order valence-corrected chi connectivity index (χ0v) is 13.5. The highest BCUT2D eigenvalue weighted by atomic mass is 35.5. The SMILES string of the molecule is COc1ccccc1C(=O)NS(=O)(=O)c1ccc(C(=O)Cl)cc1. The molecule has 2 aromatic rings. The van der Waals surface area contributed by atoms with E-state index in [1.54, 1.807) is 18.2 Å². The normalized spacial score (nSPS) is 10.9. The molecule has 0 aliphatic heterocycles. The van der Waals surface area contributed by atoms with Gasteiger partial charge in [0.05, 0.1) is 17.6 Å². The van der Waals surface area contributed by atoms with Crippen molar-refractivity contribution in [3.8, 4) is 5.75 Å². The van der Waals surface area contributed by atoms with Crippen LogP contribution in [0.3, 0.4) is 0 Å². The third kappa shape index (κ3) is 3.88. The molecule has 6 nitrogen and oxygen atoms in total. The highest BCUT2D eigenvalue weighted by Gasteiger charge is 2.21. The molecule has 0 saturated heterocycles. The van der Waals surface area contributed by atoms with E-state index in [1.165, 1.54) is 37.4 Å². The first-order valence-electron chi connectivity index (χ1n) is 6.35. The molecule has 0 atom stereocenters. The van der Waals surface area contributed by atoms with Crippen LogP contribution in [-0.4, -0.2) is 26.7 Å². The lowest BCUT2D eigenvalue weighted by Gasteiger charge is -2.10. The lowest BCUT2D eigenvalue weighted by atomic mass is 10.2. The summed E-state index contributed by atoms with van der Waals surface area (Å²) < 4.78 is 31.4. The van der Waals surface area contributed by atoms with Crippen LogP contribution in [0.1, 0.15) is 20.7 Å². The second-order valence-corrected chi connectivity index (χ2v) is 6.46. The van der Waals surface area contributed by atoms with E-state index in [2.05, 4.69) is 0 Å². The van der Waals surface area contributed by atoms with Crippen LogP contribution in [0.4, 0.5) is 0 Å². The Morgan fingerprint density at radius 1 is 1.04 bits per heavy atom. The van der Waals surface area contributed by atoms with Gasteiger partial charge in [0.2, 0.25) is 0 Å². The first-order chi connectivity index (χ1) is 10.8. The lowest BCUT2D eigenvalue weighted by Crippen LogP contribution is -2.30. The van der Waals surface area contributed by atoms with Crippen molar-refractivity contribution in [1.82, 2.24) is 4.72 Å². The van der Waals surface area contributed by atoms with Crippen molar-refractivity contribution < 1.29 is 22.7 Å². The highest BCUT2D eigenvalue weighted by Crippen LogP contribution is 2.18. The second kappa shape index (κ2) is 6.80. The number of carbonyl (C=O) groups excluding carboxylic acids is 2. The van der Waals surface area contributed by atoms with Crippen LogP contribution >= 0.6 is 11.6 Å². The number of ether oxygens (including phenoxy) is 1. The molecule has 23 heavy (non-hydrogen) atoms. The number of rotatable bonds is 5. The molecule has 2 aromatic carbocycles. The Hall–Kier alpha value is -2.38. The molecule has 0 aliphatic carbocycles. The fourth-order valence-electron chi connectivity index (χ4n) is 1.83. The lowest BCUT2D eigenvalue weighted by molar-refractivity contribution is 0.0977. The summed E-state index contributed by atoms with van der Waals surface area (Å²) in [6.45, 7) is 0. The maximum absolute atomic E-state index is 12.2. The summed E-state index contributed by atoms with van der Waals surface area (Å²) in [6, 6.07) is 11.1. The van der Waals surface area contributed by atoms with Gasteiger partial charge in [-0.15, -0.1) is 0 Å². The Kier molecular flexibility index (Phi) is 5.02. The van der Waals surface area contributed by atoms with E-state index in [-0.39, 0.29) is 21.8 Å². The van der Waals surface area contributed by atoms with E-state index >= 15 is 0 Å². The molecule has 0 saturated carbocycles. The van der Waals surface area contributed by atoms with Crippen molar-refractivity contribution in [3.63, 3.8) is 0 Å². The minimum atomic E-state index is -4.08. The molecule has 0 bridgehead atoms. The van der Waals surface area contributed by atoms with Gasteiger partial charge in [0, 0.05) is 5.56 Å². The van der Waals surface area contributed by atoms with Crippen LogP contribution in [0.25, 0.3) is 0 Å². The Balaban J connectivity index is 2.27. The van der Waals surface area contributed by atoms with E-state index in [9.17, 15) is 18.0 Å². The molecule has 0 spiro atoms. The van der Waals surface area contributed by atoms with Gasteiger partial charge >= 0.3 is 0 Å². The van der Waals surface area contributed by atoms with Gasteiger partial charge < -0.3 is 4.74 Å². The van der Waals surface area contributed by atoms with E-state index in [0.717, 1.165) is 0 Å². The summed E-state index contributed by atoms with van der Waals surface area (Å²) in [5.74, 6) is -0.566. The number of amides is 1. The molecule has 120 valence electrons. The molecular weight excluding hydrogens is 342 g/mol. The van der Waals surface area contributed by atoms with Gasteiger partial charge in [-0.1, -0.05) is 12.1 Å². The monoisotopic (exact) mass is 353 g/mol. The molecule has 1 amide bonds. The summed E-state index contributed by atoms with van der Waals surface area (Å²) in [4.78, 5) is 23.0. The first-order valence-corrected chi connectivity index (χ1v) is 8.21. The number of benzene rings is 2. The van der Waals surface area contributed by atoms with Gasteiger partial charge in [-0.25, -0.2) is 13.1 Å². The summed E-state index contributed by atoms with van der Waals surface area (Å²) >= 11 is 5.30. The quantitative estimate of drug-likeness (QED) is 0.832. The topological polar surface area (TPSA) is 89.5 Å². The van der Waals surface area contributed by atoms with E-state index in [1.807, 2.05) is 4.72 Å². The Labute approximate surface area is 138 Å². The fourth-order valence-corrected chi connectivity index (χ4v) is 2.93. The summed E-state index contributed by atoms with van der Waals surface area (Å²) in [5.41, 5.74) is 0.243. The largest absolute Gasteiger partial charge is 0.496 e. The predicted molar refractivity (Wildman–Crippen MR) is 84.3 cm³/mol. The molecule has 8 heteroatoms. The number of para-hydroxylation sites is 1. The summed E-state index contributed by atoms with van der Waals surface area (Å²) in [5, 5.41) is -0.702. The number of carbonyl (C=O) groups is 2. The van der Waals surface area contributed by atoms with Crippen LogP contribution in [0.5, 0.6) is 5.75 Å². The molecule has 0 radical (unpaired) electrons. The Morgan fingerprint density at radius 2 is 1.65 bits per heavy atom. The van der Waals surface area contributed by atoms with Crippen molar-refractivity contribution in [2.75, 3.05) is 7.11 Å². The molecule has 0 heterocycles. The molecule has 0 unspecified atom stereocenters. The Morgan fingerprint density at radius 3 is 2.22 bits per heavy atom. The molecule has 1 N–H and O–H groups in total. The van der Waals surface area contributed by atoms with Gasteiger partial charge in [0.15, 0.2) is 0 Å². The fraction of sp³-hybridized carbons (Fsp3) is 0.0667. The van der Waals surface area contributed by atoms with Crippen molar-refractivity contribution >= 4 is 32.8 Å². The van der Waals surface area contributed by atoms with Crippen molar-refractivity contribution in [2.24, 2.45) is 0 Å². The van der Waals surface area contributed by atoms with Crippen LogP contribution in [0.2, 0.25) is 0 Å². The maximum Gasteiger partial charge on any atom is 0.268 e. The average Bonchev–Trinajstić information content (AvgIpc) is 2.54. The highest BCUT2D eigenvalue weighted by molar-refractivity contribution is 7.90. The smallest absolute Gasteiger partial charge is 0.268 e. The third-order valence-corrected chi connectivity index (χ3v) is 4.54. The minimum Gasteiger partial charge on any atom is -0.496 e. The van der Waals surface area contributed by atoms with Crippen molar-refractivity contribution in [3.05, 3.63) is 59.7 Å². The molecule has 0 aromatic heterocycles. The zero-order valence-electron chi connectivity index (χ0n) is 11.9. The molecule has 0 fully saturated rings. The van der Waals surface area contributed by atoms with E-state index in [0.29, 0.717) is 0 Å². The van der Waals surface area contributed by atoms with E-state index < -0.39 is 21.2 Å². The second-order valence-electron chi connectivity index (χ2n) is 4.43. The number of methoxy groups -OCH3 is 1. The number of halogens is 1. The third-order valence-electron chi connectivity index (χ3n) is 2.97. The molecular formula is C15H12ClNO5S. The zero-order chi connectivity index (χ0) is 17.0. The van der Waals surface area contributed by atoms with Crippen LogP contribution in [0, 0.1) is 0 Å². The maximum atomic E-state index is 12.2. The average molecular weight is 354 g/mol. The standard InChI is InChI=1S/C15H12ClNO5S/c1-22-13-5-3-2-4-12(13)15(19)17-23(20,21)11-8-6-10(7-9-11)14(16)18/h2-9H,1H3,(H,17,19). The van der Waals surface area contributed by atoms with Gasteiger partial charge in [-0.2, -0.15) is 0 Å². The number of nitrogens with one attached hydrogen (secondary N) is 1. The summed E-state index contributed by atoms with van der Waals surface area (Å²) in [7, 11) is -2.71. The number of hydrogen-bond acceptors (Lipinski definition) is 5. The van der Waals surface area contributed by atoms with Crippen LogP contribution in [0.15, 0.2) is 53.4 Å². The Bertz CT molecular complexity index is 846. The van der Waals surface area contributed by atoms with Crippen molar-refractivity contribution in [1.29, 1.82) is 0 Å². The number of sulfonamides is 1. The van der Waals surface area contributed by atoms with Gasteiger partial charge in [0.1, 0.15) is 5.75 Å². The summed E-state index contributed by atoms with van der Waals surface area (Å²) in [6.07, 6.45) is 0.